The first-order chi connectivity index (χ1) is 9.82. The Morgan fingerprint density at radius 2 is 2.05 bits per heavy atom. The van der Waals surface area contributed by atoms with Gasteiger partial charge in [0.25, 0.3) is 5.56 Å². The molecule has 2 heterocycles. The number of nitrogens with zero attached hydrogens (tertiary/aromatic N) is 5. The number of nitrogens with two attached hydrogens (primary N) is 2. The van der Waals surface area contributed by atoms with Crippen molar-refractivity contribution >= 4 is 17.1 Å². The zero-order valence-corrected chi connectivity index (χ0v) is 11.7. The average Bonchev–Trinajstić information content (AvgIpc) is 2.84. The molecular weight excluding hydrogens is 278 g/mol. The van der Waals surface area contributed by atoms with Gasteiger partial charge in [0.1, 0.15) is 0 Å². The Morgan fingerprint density at radius 3 is 2.67 bits per heavy atom. The summed E-state index contributed by atoms with van der Waals surface area (Å²) in [7, 11) is 2.91. The van der Waals surface area contributed by atoms with E-state index in [-0.39, 0.29) is 30.2 Å². The van der Waals surface area contributed by atoms with Crippen LogP contribution in [-0.4, -0.2) is 42.4 Å². The largest absolute Gasteiger partial charge is 0.389 e. The number of rotatable bonds is 4. The highest BCUT2D eigenvalue weighted by atomic mass is 16.3. The molecule has 114 valence electrons. The third-order valence-electron chi connectivity index (χ3n) is 3.11. The molecule has 2 aromatic heterocycles. The molecule has 21 heavy (non-hydrogen) atoms. The number of aliphatic hydroxyl groups excluding tert-OH is 1. The lowest BCUT2D eigenvalue weighted by atomic mass is 10.3. The van der Waals surface area contributed by atoms with E-state index in [9.17, 15) is 14.7 Å². The zero-order chi connectivity index (χ0) is 15.7. The Bertz CT molecular complexity index is 810. The first-order valence-corrected chi connectivity index (χ1v) is 6.17. The standard InChI is InChI=1S/C11H17N7O3/c1-16-8-7(9(20)17(2)11(16)21)18(5-15-8)4-6(19)3-14-10(12)13/h5-6,19H,3-4H2,1-2H3,(H4,12,13,14). The van der Waals surface area contributed by atoms with E-state index in [2.05, 4.69) is 9.98 Å². The van der Waals surface area contributed by atoms with E-state index in [1.807, 2.05) is 0 Å². The van der Waals surface area contributed by atoms with E-state index in [0.717, 1.165) is 4.57 Å². The summed E-state index contributed by atoms with van der Waals surface area (Å²) in [6.07, 6.45) is 0.510. The smallest absolute Gasteiger partial charge is 0.332 e. The minimum atomic E-state index is -0.883. The average molecular weight is 295 g/mol. The summed E-state index contributed by atoms with van der Waals surface area (Å²) in [5.41, 5.74) is 9.95. The van der Waals surface area contributed by atoms with Crippen LogP contribution >= 0.6 is 0 Å². The third kappa shape index (κ3) is 2.65. The second kappa shape index (κ2) is 5.40. The number of hydrogen-bond acceptors (Lipinski definition) is 5. The van der Waals surface area contributed by atoms with Gasteiger partial charge in [0, 0.05) is 14.1 Å². The van der Waals surface area contributed by atoms with Crippen LogP contribution in [0.25, 0.3) is 11.2 Å². The van der Waals surface area contributed by atoms with E-state index >= 15 is 0 Å². The molecule has 1 unspecified atom stereocenters. The lowest BCUT2D eigenvalue weighted by Crippen LogP contribution is -2.38. The van der Waals surface area contributed by atoms with Gasteiger partial charge < -0.3 is 21.1 Å². The topological polar surface area (TPSA) is 146 Å². The highest BCUT2D eigenvalue weighted by Crippen LogP contribution is 2.06. The van der Waals surface area contributed by atoms with E-state index in [0.29, 0.717) is 0 Å². The van der Waals surface area contributed by atoms with Crippen LogP contribution < -0.4 is 22.7 Å². The summed E-state index contributed by atoms with van der Waals surface area (Å²) in [5, 5.41) is 9.87. The number of aliphatic imine (C=N–C) groups is 1. The Morgan fingerprint density at radius 1 is 1.38 bits per heavy atom. The number of imidazole rings is 1. The normalized spacial score (nSPS) is 12.5. The van der Waals surface area contributed by atoms with Gasteiger partial charge in [-0.1, -0.05) is 0 Å². The van der Waals surface area contributed by atoms with E-state index < -0.39 is 17.4 Å². The second-order valence-corrected chi connectivity index (χ2v) is 4.69. The molecule has 2 aromatic rings. The van der Waals surface area contributed by atoms with Crippen molar-refractivity contribution < 1.29 is 5.11 Å². The maximum atomic E-state index is 12.2. The van der Waals surface area contributed by atoms with Crippen LogP contribution in [-0.2, 0) is 20.6 Å². The Balaban J connectivity index is 2.46. The summed E-state index contributed by atoms with van der Waals surface area (Å²) in [5.74, 6) is -0.122. The van der Waals surface area contributed by atoms with Crippen LogP contribution in [0.15, 0.2) is 20.9 Å². The highest BCUT2D eigenvalue weighted by molar-refractivity contribution is 5.75. The summed E-state index contributed by atoms with van der Waals surface area (Å²) in [6.45, 7) is 0.0921. The van der Waals surface area contributed by atoms with Gasteiger partial charge in [-0.05, 0) is 0 Å². The minimum Gasteiger partial charge on any atom is -0.389 e. The molecule has 0 saturated heterocycles. The van der Waals surface area contributed by atoms with E-state index in [1.165, 1.54) is 29.6 Å². The van der Waals surface area contributed by atoms with Crippen molar-refractivity contribution in [3.8, 4) is 0 Å². The fourth-order valence-electron chi connectivity index (χ4n) is 2.03. The highest BCUT2D eigenvalue weighted by Gasteiger charge is 2.16. The SMILES string of the molecule is Cn1c(=O)c2c(ncn2CC(O)CN=C(N)N)n(C)c1=O. The molecule has 0 amide bonds. The summed E-state index contributed by atoms with van der Waals surface area (Å²) < 4.78 is 3.74. The fourth-order valence-corrected chi connectivity index (χ4v) is 2.03. The van der Waals surface area contributed by atoms with Crippen LogP contribution in [0, 0.1) is 0 Å². The maximum absolute atomic E-state index is 12.2. The van der Waals surface area contributed by atoms with Gasteiger partial charge in [0.2, 0.25) is 0 Å². The summed E-state index contributed by atoms with van der Waals surface area (Å²) >= 11 is 0. The summed E-state index contributed by atoms with van der Waals surface area (Å²) in [6, 6.07) is 0. The van der Waals surface area contributed by atoms with E-state index in [4.69, 9.17) is 11.5 Å². The van der Waals surface area contributed by atoms with Crippen molar-refractivity contribution in [3.05, 3.63) is 27.2 Å². The first-order valence-electron chi connectivity index (χ1n) is 6.17. The number of aromatic nitrogens is 4. The molecule has 0 spiro atoms. The first kappa shape index (κ1) is 14.8. The molecule has 0 saturated carbocycles. The molecule has 0 aliphatic carbocycles. The molecular formula is C11H17N7O3. The van der Waals surface area contributed by atoms with Gasteiger partial charge in [0.15, 0.2) is 17.1 Å². The molecule has 0 aliphatic rings. The number of guanidine groups is 1. The fraction of sp³-hybridized carbons (Fsp3) is 0.455. The molecule has 1 atom stereocenters. The van der Waals surface area contributed by atoms with Crippen molar-refractivity contribution in [2.24, 2.45) is 30.6 Å². The van der Waals surface area contributed by atoms with Crippen molar-refractivity contribution in [1.82, 2.24) is 18.7 Å². The molecule has 10 heteroatoms. The molecule has 10 nitrogen and oxygen atoms in total. The maximum Gasteiger partial charge on any atom is 0.332 e. The zero-order valence-electron chi connectivity index (χ0n) is 11.7. The number of aliphatic hydroxyl groups is 1. The lowest BCUT2D eigenvalue weighted by Gasteiger charge is -2.10. The lowest BCUT2D eigenvalue weighted by molar-refractivity contribution is 0.164. The van der Waals surface area contributed by atoms with Crippen molar-refractivity contribution in [1.29, 1.82) is 0 Å². The van der Waals surface area contributed by atoms with Crippen LogP contribution in [0.2, 0.25) is 0 Å². The minimum absolute atomic E-state index is 0.00802. The van der Waals surface area contributed by atoms with E-state index in [1.54, 1.807) is 0 Å². The van der Waals surface area contributed by atoms with Crippen LogP contribution in [0.4, 0.5) is 0 Å². The number of fused-ring (bicyclic) bond motifs is 1. The Hall–Kier alpha value is -2.62. The van der Waals surface area contributed by atoms with Gasteiger partial charge in [-0.2, -0.15) is 0 Å². The van der Waals surface area contributed by atoms with Crippen molar-refractivity contribution in [2.75, 3.05) is 6.54 Å². The van der Waals surface area contributed by atoms with Gasteiger partial charge in [0.05, 0.1) is 25.5 Å². The Kier molecular flexibility index (Phi) is 3.80. The molecule has 0 aromatic carbocycles. The Labute approximate surface area is 118 Å². The van der Waals surface area contributed by atoms with Crippen molar-refractivity contribution in [3.63, 3.8) is 0 Å². The molecule has 0 aliphatic heterocycles. The molecule has 5 N–H and O–H groups in total. The van der Waals surface area contributed by atoms with Gasteiger partial charge in [-0.25, -0.2) is 9.78 Å². The van der Waals surface area contributed by atoms with Crippen molar-refractivity contribution in [2.45, 2.75) is 12.6 Å². The predicted molar refractivity (Wildman–Crippen MR) is 76.9 cm³/mol. The number of aryl methyl sites for hydroxylation is 1. The van der Waals surface area contributed by atoms with Gasteiger partial charge in [-0.15, -0.1) is 0 Å². The quantitative estimate of drug-likeness (QED) is 0.406. The third-order valence-corrected chi connectivity index (χ3v) is 3.11. The molecule has 2 rings (SSSR count). The van der Waals surface area contributed by atoms with Crippen LogP contribution in [0.5, 0.6) is 0 Å². The molecule has 0 bridgehead atoms. The van der Waals surface area contributed by atoms with Crippen LogP contribution in [0.3, 0.4) is 0 Å². The second-order valence-electron chi connectivity index (χ2n) is 4.69. The van der Waals surface area contributed by atoms with Crippen LogP contribution in [0.1, 0.15) is 0 Å². The predicted octanol–water partition coefficient (Wildman–Crippen LogP) is -2.93. The molecule has 0 fully saturated rings. The van der Waals surface area contributed by atoms with Gasteiger partial charge in [-0.3, -0.25) is 18.9 Å². The monoisotopic (exact) mass is 295 g/mol. The molecule has 0 radical (unpaired) electrons. The summed E-state index contributed by atoms with van der Waals surface area (Å²) in [4.78, 5) is 31.7. The van der Waals surface area contributed by atoms with Gasteiger partial charge >= 0.3 is 5.69 Å². The number of hydrogen-bond donors (Lipinski definition) is 3.